The molecule has 0 bridgehead atoms. The molecule has 1 aliphatic heterocycles. The number of amides is 1. The molecule has 4 nitrogen and oxygen atoms in total. The summed E-state index contributed by atoms with van der Waals surface area (Å²) in [7, 11) is 0. The lowest BCUT2D eigenvalue weighted by Gasteiger charge is -2.25. The van der Waals surface area contributed by atoms with E-state index in [2.05, 4.69) is 5.32 Å². The van der Waals surface area contributed by atoms with Gasteiger partial charge in [0.1, 0.15) is 6.10 Å². The summed E-state index contributed by atoms with van der Waals surface area (Å²) in [6, 6.07) is 0. The molecule has 0 aromatic rings. The van der Waals surface area contributed by atoms with Gasteiger partial charge in [-0.25, -0.2) is 0 Å². The van der Waals surface area contributed by atoms with Gasteiger partial charge in [0.15, 0.2) is 0 Å². The van der Waals surface area contributed by atoms with Crippen LogP contribution in [0.25, 0.3) is 0 Å². The van der Waals surface area contributed by atoms with Crippen LogP contribution in [0.3, 0.4) is 0 Å². The van der Waals surface area contributed by atoms with Gasteiger partial charge >= 0.3 is 0 Å². The molecule has 1 fully saturated rings. The summed E-state index contributed by atoms with van der Waals surface area (Å²) in [5.41, 5.74) is 5.63. The van der Waals surface area contributed by atoms with Crippen LogP contribution < -0.4 is 11.1 Å². The van der Waals surface area contributed by atoms with Crippen molar-refractivity contribution in [2.45, 2.75) is 51.2 Å². The van der Waals surface area contributed by atoms with Crippen molar-refractivity contribution in [3.8, 4) is 0 Å². The Morgan fingerprint density at radius 2 is 2.33 bits per heavy atom. The molecule has 1 saturated heterocycles. The third-order valence-corrected chi connectivity index (χ3v) is 2.91. The lowest BCUT2D eigenvalue weighted by Crippen LogP contribution is -2.44. The van der Waals surface area contributed by atoms with Gasteiger partial charge in [0.2, 0.25) is 5.91 Å². The van der Waals surface area contributed by atoms with Gasteiger partial charge in [0, 0.05) is 12.1 Å². The molecule has 0 aliphatic carbocycles. The van der Waals surface area contributed by atoms with E-state index in [1.807, 2.05) is 13.8 Å². The van der Waals surface area contributed by atoms with E-state index in [1.165, 1.54) is 0 Å². The van der Waals surface area contributed by atoms with Crippen molar-refractivity contribution in [3.05, 3.63) is 0 Å². The highest BCUT2D eigenvalue weighted by Crippen LogP contribution is 2.12. The van der Waals surface area contributed by atoms with E-state index in [1.54, 1.807) is 0 Å². The van der Waals surface area contributed by atoms with Crippen LogP contribution in [-0.2, 0) is 9.53 Å². The van der Waals surface area contributed by atoms with Gasteiger partial charge in [-0.1, -0.05) is 6.92 Å². The van der Waals surface area contributed by atoms with E-state index in [4.69, 9.17) is 10.5 Å². The van der Waals surface area contributed by atoms with Crippen LogP contribution in [0.2, 0.25) is 0 Å². The number of nitrogens with one attached hydrogen (secondary N) is 1. The van der Waals surface area contributed by atoms with Gasteiger partial charge in [-0.05, 0) is 32.6 Å². The van der Waals surface area contributed by atoms with Crippen molar-refractivity contribution in [2.75, 3.05) is 13.2 Å². The van der Waals surface area contributed by atoms with Gasteiger partial charge < -0.3 is 15.8 Å². The zero-order chi connectivity index (χ0) is 11.3. The Kier molecular flexibility index (Phi) is 4.54. The molecule has 3 N–H and O–H groups in total. The summed E-state index contributed by atoms with van der Waals surface area (Å²) in [4.78, 5) is 11.5. The predicted molar refractivity (Wildman–Crippen MR) is 59.5 cm³/mol. The maximum atomic E-state index is 11.5. The van der Waals surface area contributed by atoms with Crippen LogP contribution in [0.5, 0.6) is 0 Å². The number of nitrogens with two attached hydrogens (primary N) is 1. The zero-order valence-corrected chi connectivity index (χ0v) is 9.71. The minimum atomic E-state index is -0.327. The van der Waals surface area contributed by atoms with E-state index in [0.29, 0.717) is 6.61 Å². The van der Waals surface area contributed by atoms with Crippen LogP contribution in [0.1, 0.15) is 39.5 Å². The SMILES string of the molecule is CCC(C)(N)COC1CCCCNC1=O. The molecule has 15 heavy (non-hydrogen) atoms. The van der Waals surface area contributed by atoms with Crippen molar-refractivity contribution in [2.24, 2.45) is 5.73 Å². The number of hydrogen-bond donors (Lipinski definition) is 2. The van der Waals surface area contributed by atoms with Gasteiger partial charge in [0.05, 0.1) is 6.61 Å². The molecule has 1 rings (SSSR count). The topological polar surface area (TPSA) is 64.3 Å². The van der Waals surface area contributed by atoms with Crippen LogP contribution >= 0.6 is 0 Å². The summed E-state index contributed by atoms with van der Waals surface area (Å²) in [6.07, 6.45) is 3.44. The number of hydrogen-bond acceptors (Lipinski definition) is 3. The van der Waals surface area contributed by atoms with Crippen LogP contribution in [-0.4, -0.2) is 30.7 Å². The number of carbonyl (C=O) groups excluding carboxylic acids is 1. The summed E-state index contributed by atoms with van der Waals surface area (Å²) < 4.78 is 5.59. The van der Waals surface area contributed by atoms with Gasteiger partial charge in [-0.2, -0.15) is 0 Å². The summed E-state index contributed by atoms with van der Waals surface area (Å²) in [6.45, 7) is 5.19. The van der Waals surface area contributed by atoms with Gasteiger partial charge in [-0.15, -0.1) is 0 Å². The third kappa shape index (κ3) is 4.18. The second-order valence-corrected chi connectivity index (χ2v) is 4.59. The highest BCUT2D eigenvalue weighted by molar-refractivity contribution is 5.80. The molecule has 1 aliphatic rings. The first-order chi connectivity index (χ1) is 7.05. The zero-order valence-electron chi connectivity index (χ0n) is 9.71. The minimum Gasteiger partial charge on any atom is -0.366 e. The molecular formula is C11H22N2O2. The van der Waals surface area contributed by atoms with E-state index in [0.717, 1.165) is 32.2 Å². The van der Waals surface area contributed by atoms with Gasteiger partial charge in [0.25, 0.3) is 0 Å². The first-order valence-corrected chi connectivity index (χ1v) is 5.73. The predicted octanol–water partition coefficient (Wildman–Crippen LogP) is 0.799. The Labute approximate surface area is 91.5 Å². The molecule has 0 aromatic carbocycles. The van der Waals surface area contributed by atoms with Crippen molar-refractivity contribution in [3.63, 3.8) is 0 Å². The lowest BCUT2D eigenvalue weighted by molar-refractivity contribution is -0.133. The average molecular weight is 214 g/mol. The van der Waals surface area contributed by atoms with Crippen molar-refractivity contribution in [1.82, 2.24) is 5.32 Å². The maximum absolute atomic E-state index is 11.5. The Morgan fingerprint density at radius 3 is 3.00 bits per heavy atom. The molecule has 1 heterocycles. The fourth-order valence-corrected chi connectivity index (χ4v) is 1.46. The molecule has 4 heteroatoms. The summed E-state index contributed by atoms with van der Waals surface area (Å²) >= 11 is 0. The maximum Gasteiger partial charge on any atom is 0.249 e. The lowest BCUT2D eigenvalue weighted by atomic mass is 10.0. The number of rotatable bonds is 4. The molecule has 0 radical (unpaired) electrons. The average Bonchev–Trinajstić information content (AvgIpc) is 2.40. The Bertz CT molecular complexity index is 217. The normalized spacial score (nSPS) is 26.6. The smallest absolute Gasteiger partial charge is 0.249 e. The molecule has 2 unspecified atom stereocenters. The Morgan fingerprint density at radius 1 is 1.60 bits per heavy atom. The van der Waals surface area contributed by atoms with E-state index in [-0.39, 0.29) is 17.6 Å². The van der Waals surface area contributed by atoms with E-state index >= 15 is 0 Å². The molecule has 88 valence electrons. The van der Waals surface area contributed by atoms with Crippen molar-refractivity contribution < 1.29 is 9.53 Å². The molecule has 2 atom stereocenters. The minimum absolute atomic E-state index is 0.0133. The second-order valence-electron chi connectivity index (χ2n) is 4.59. The van der Waals surface area contributed by atoms with Crippen molar-refractivity contribution in [1.29, 1.82) is 0 Å². The third-order valence-electron chi connectivity index (χ3n) is 2.91. The number of ether oxygens (including phenoxy) is 1. The quantitative estimate of drug-likeness (QED) is 0.727. The molecule has 1 amide bonds. The van der Waals surface area contributed by atoms with Gasteiger partial charge in [-0.3, -0.25) is 4.79 Å². The first kappa shape index (κ1) is 12.5. The molecule has 0 saturated carbocycles. The Hall–Kier alpha value is -0.610. The van der Waals surface area contributed by atoms with Crippen LogP contribution in [0.4, 0.5) is 0 Å². The highest BCUT2D eigenvalue weighted by Gasteiger charge is 2.24. The standard InChI is InChI=1S/C11H22N2O2/c1-3-11(2,12)8-15-9-6-4-5-7-13-10(9)14/h9H,3-8,12H2,1-2H3,(H,13,14). The van der Waals surface area contributed by atoms with E-state index < -0.39 is 0 Å². The monoisotopic (exact) mass is 214 g/mol. The summed E-state index contributed by atoms with van der Waals surface area (Å²) in [5, 5.41) is 2.84. The number of carbonyl (C=O) groups is 1. The molecule has 0 spiro atoms. The van der Waals surface area contributed by atoms with E-state index in [9.17, 15) is 4.79 Å². The summed E-state index contributed by atoms with van der Waals surface area (Å²) in [5.74, 6) is 0.0133. The fourth-order valence-electron chi connectivity index (χ4n) is 1.46. The van der Waals surface area contributed by atoms with Crippen LogP contribution in [0.15, 0.2) is 0 Å². The molecular weight excluding hydrogens is 192 g/mol. The largest absolute Gasteiger partial charge is 0.366 e. The van der Waals surface area contributed by atoms with Crippen molar-refractivity contribution >= 4 is 5.91 Å². The Balaban J connectivity index is 2.39. The first-order valence-electron chi connectivity index (χ1n) is 5.73. The van der Waals surface area contributed by atoms with Crippen LogP contribution in [0, 0.1) is 0 Å². The molecule has 0 aromatic heterocycles. The highest BCUT2D eigenvalue weighted by atomic mass is 16.5. The second kappa shape index (κ2) is 5.47. The fraction of sp³-hybridized carbons (Fsp3) is 0.909.